The average Bonchev–Trinajstić information content (AvgIpc) is 3.14. The summed E-state index contributed by atoms with van der Waals surface area (Å²) in [6, 6.07) is 18.2. The maximum Gasteiger partial charge on any atom is 0.322 e. The number of fused-ring (bicyclic) bond motifs is 3. The predicted molar refractivity (Wildman–Crippen MR) is 123 cm³/mol. The molecule has 1 aliphatic heterocycles. The summed E-state index contributed by atoms with van der Waals surface area (Å²) in [5, 5.41) is 3.12. The Morgan fingerprint density at radius 3 is 2.55 bits per heavy atom. The van der Waals surface area contributed by atoms with Crippen molar-refractivity contribution in [3.63, 3.8) is 0 Å². The van der Waals surface area contributed by atoms with Crippen LogP contribution in [0.5, 0.6) is 0 Å². The summed E-state index contributed by atoms with van der Waals surface area (Å²) in [4.78, 5) is 18.3. The first-order valence-corrected chi connectivity index (χ1v) is 11.8. The maximum atomic E-state index is 13.4. The van der Waals surface area contributed by atoms with E-state index >= 15 is 0 Å². The number of carbonyl (C=O) groups excluding carboxylic acids is 1. The molecule has 29 heavy (non-hydrogen) atoms. The van der Waals surface area contributed by atoms with Crippen molar-refractivity contribution in [1.29, 1.82) is 0 Å². The van der Waals surface area contributed by atoms with Crippen LogP contribution in [0.15, 0.2) is 59.1 Å². The molecular formula is C24H23BrN2OS. The number of hydrogen-bond acceptors (Lipinski definition) is 2. The number of anilines is 1. The molecule has 1 aromatic heterocycles. The molecule has 5 rings (SSSR count). The number of para-hydroxylation sites is 1. The lowest BCUT2D eigenvalue weighted by Crippen LogP contribution is -2.42. The standard InChI is InChI=1S/C24H23BrN2OS/c25-19-11-5-6-12-20(19)26-24(28)27-15-14-18-17-10-4-7-13-21(17)29-23(18)22(27)16-8-2-1-3-9-16/h1-3,5-6,8-9,11-12,22H,4,7,10,13-15H2,(H,26,28)/t22-/m1/s1. The van der Waals surface area contributed by atoms with Crippen LogP contribution in [0.1, 0.15) is 45.3 Å². The van der Waals surface area contributed by atoms with E-state index in [1.807, 2.05) is 46.6 Å². The van der Waals surface area contributed by atoms with Gasteiger partial charge in [-0.15, -0.1) is 11.3 Å². The Balaban J connectivity index is 1.54. The molecule has 2 amide bonds. The number of urea groups is 1. The van der Waals surface area contributed by atoms with Crippen LogP contribution in [-0.4, -0.2) is 17.5 Å². The van der Waals surface area contributed by atoms with Gasteiger partial charge in [0.1, 0.15) is 0 Å². The monoisotopic (exact) mass is 466 g/mol. The Morgan fingerprint density at radius 2 is 1.72 bits per heavy atom. The number of benzene rings is 2. The molecule has 0 radical (unpaired) electrons. The van der Waals surface area contributed by atoms with Crippen LogP contribution in [0.3, 0.4) is 0 Å². The van der Waals surface area contributed by atoms with E-state index in [0.717, 1.165) is 23.1 Å². The molecule has 5 heteroatoms. The number of thiophene rings is 1. The number of aryl methyl sites for hydroxylation is 1. The van der Waals surface area contributed by atoms with Crippen molar-refractivity contribution in [2.24, 2.45) is 0 Å². The number of nitrogens with zero attached hydrogens (tertiary/aromatic N) is 1. The van der Waals surface area contributed by atoms with Crippen LogP contribution >= 0.6 is 27.3 Å². The quantitative estimate of drug-likeness (QED) is 0.454. The van der Waals surface area contributed by atoms with Crippen LogP contribution in [-0.2, 0) is 19.3 Å². The molecule has 0 saturated carbocycles. The molecule has 1 N–H and O–H groups in total. The van der Waals surface area contributed by atoms with Gasteiger partial charge in [0.25, 0.3) is 0 Å². The van der Waals surface area contributed by atoms with Crippen LogP contribution in [0.4, 0.5) is 10.5 Å². The lowest BCUT2D eigenvalue weighted by molar-refractivity contribution is 0.195. The second-order valence-corrected chi connectivity index (χ2v) is 9.71. The van der Waals surface area contributed by atoms with Gasteiger partial charge in [-0.2, -0.15) is 0 Å². The van der Waals surface area contributed by atoms with Gasteiger partial charge in [-0.1, -0.05) is 42.5 Å². The summed E-state index contributed by atoms with van der Waals surface area (Å²) in [5.41, 5.74) is 5.10. The average molecular weight is 467 g/mol. The van der Waals surface area contributed by atoms with Gasteiger partial charge in [-0.25, -0.2) is 4.79 Å². The first-order chi connectivity index (χ1) is 14.2. The number of halogens is 1. The largest absolute Gasteiger partial charge is 0.322 e. The summed E-state index contributed by atoms with van der Waals surface area (Å²) in [6.07, 6.45) is 5.92. The first-order valence-electron chi connectivity index (χ1n) is 10.2. The van der Waals surface area contributed by atoms with Crippen molar-refractivity contribution in [3.8, 4) is 0 Å². The van der Waals surface area contributed by atoms with Crippen molar-refractivity contribution >= 4 is 39.0 Å². The highest BCUT2D eigenvalue weighted by molar-refractivity contribution is 9.10. The van der Waals surface area contributed by atoms with Gasteiger partial charge in [0, 0.05) is 20.8 Å². The third-order valence-electron chi connectivity index (χ3n) is 5.97. The molecule has 0 saturated heterocycles. The maximum absolute atomic E-state index is 13.4. The van der Waals surface area contributed by atoms with Gasteiger partial charge >= 0.3 is 6.03 Å². The van der Waals surface area contributed by atoms with E-state index in [1.54, 1.807) is 10.4 Å². The highest BCUT2D eigenvalue weighted by Crippen LogP contribution is 2.45. The molecule has 2 heterocycles. The summed E-state index contributed by atoms with van der Waals surface area (Å²) in [5.74, 6) is 0. The summed E-state index contributed by atoms with van der Waals surface area (Å²) >= 11 is 5.48. The highest BCUT2D eigenvalue weighted by Gasteiger charge is 2.36. The number of hydrogen-bond donors (Lipinski definition) is 1. The highest BCUT2D eigenvalue weighted by atomic mass is 79.9. The minimum atomic E-state index is -0.0391. The van der Waals surface area contributed by atoms with Gasteiger partial charge < -0.3 is 10.2 Å². The van der Waals surface area contributed by atoms with Gasteiger partial charge in [-0.05, 0) is 76.9 Å². The normalized spacial score (nSPS) is 18.1. The molecule has 2 aromatic carbocycles. The van der Waals surface area contributed by atoms with Crippen molar-refractivity contribution in [2.75, 3.05) is 11.9 Å². The van der Waals surface area contributed by atoms with E-state index in [-0.39, 0.29) is 12.1 Å². The van der Waals surface area contributed by atoms with Crippen LogP contribution in [0.25, 0.3) is 0 Å². The second kappa shape index (κ2) is 7.96. The smallest absolute Gasteiger partial charge is 0.312 e. The Morgan fingerprint density at radius 1 is 0.966 bits per heavy atom. The van der Waals surface area contributed by atoms with E-state index < -0.39 is 0 Å². The zero-order valence-electron chi connectivity index (χ0n) is 16.2. The van der Waals surface area contributed by atoms with Gasteiger partial charge in [0.2, 0.25) is 0 Å². The third kappa shape index (κ3) is 3.51. The third-order valence-corrected chi connectivity index (χ3v) is 8.04. The minimum absolute atomic E-state index is 0.0157. The number of carbonyl (C=O) groups is 1. The summed E-state index contributed by atoms with van der Waals surface area (Å²) in [6.45, 7) is 0.742. The first kappa shape index (κ1) is 18.9. The molecule has 1 atom stereocenters. The van der Waals surface area contributed by atoms with E-state index in [2.05, 4.69) is 45.5 Å². The molecule has 0 fully saturated rings. The van der Waals surface area contributed by atoms with E-state index in [1.165, 1.54) is 41.7 Å². The van der Waals surface area contributed by atoms with Crippen molar-refractivity contribution in [3.05, 3.63) is 85.5 Å². The lowest BCUT2D eigenvalue weighted by Gasteiger charge is -2.36. The van der Waals surface area contributed by atoms with Gasteiger partial charge in [0.05, 0.1) is 11.7 Å². The van der Waals surface area contributed by atoms with Crippen LogP contribution in [0, 0.1) is 0 Å². The Labute approximate surface area is 183 Å². The Hall–Kier alpha value is -2.11. The molecule has 0 spiro atoms. The van der Waals surface area contributed by atoms with E-state index in [0.29, 0.717) is 0 Å². The lowest BCUT2D eigenvalue weighted by atomic mass is 9.88. The van der Waals surface area contributed by atoms with Crippen molar-refractivity contribution in [2.45, 2.75) is 38.1 Å². The topological polar surface area (TPSA) is 32.3 Å². The zero-order valence-corrected chi connectivity index (χ0v) is 18.6. The number of nitrogens with one attached hydrogen (secondary N) is 1. The number of amides is 2. The van der Waals surface area contributed by atoms with E-state index in [4.69, 9.17) is 0 Å². The molecule has 3 aromatic rings. The van der Waals surface area contributed by atoms with Crippen LogP contribution in [0.2, 0.25) is 0 Å². The van der Waals surface area contributed by atoms with Gasteiger partial charge in [-0.3, -0.25) is 0 Å². The predicted octanol–water partition coefficient (Wildman–Crippen LogP) is 6.57. The molecule has 0 unspecified atom stereocenters. The Bertz CT molecular complexity index is 1050. The Kier molecular flexibility index (Phi) is 5.18. The number of rotatable bonds is 2. The molecular weight excluding hydrogens is 444 g/mol. The van der Waals surface area contributed by atoms with Crippen molar-refractivity contribution in [1.82, 2.24) is 4.90 Å². The SMILES string of the molecule is O=C(Nc1ccccc1Br)N1CCc2c(sc3c2CCCC3)[C@H]1c1ccccc1. The molecule has 2 aliphatic rings. The minimum Gasteiger partial charge on any atom is -0.312 e. The van der Waals surface area contributed by atoms with Gasteiger partial charge in [0.15, 0.2) is 0 Å². The molecule has 0 bridgehead atoms. The van der Waals surface area contributed by atoms with Crippen LogP contribution < -0.4 is 5.32 Å². The van der Waals surface area contributed by atoms with Crippen molar-refractivity contribution < 1.29 is 4.79 Å². The van der Waals surface area contributed by atoms with E-state index in [9.17, 15) is 4.79 Å². The molecule has 148 valence electrons. The fourth-order valence-corrected chi connectivity index (χ4v) is 6.55. The second-order valence-electron chi connectivity index (χ2n) is 7.72. The summed E-state index contributed by atoms with van der Waals surface area (Å²) in [7, 11) is 0. The zero-order chi connectivity index (χ0) is 19.8. The molecule has 3 nitrogen and oxygen atoms in total. The fourth-order valence-electron chi connectivity index (χ4n) is 4.59. The summed E-state index contributed by atoms with van der Waals surface area (Å²) < 4.78 is 0.897. The fraction of sp³-hybridized carbons (Fsp3) is 0.292. The molecule has 1 aliphatic carbocycles.